The van der Waals surface area contributed by atoms with Gasteiger partial charge in [-0.25, -0.2) is 15.0 Å². The molecular weight excluding hydrogens is 486 g/mol. The molecule has 0 saturated carbocycles. The van der Waals surface area contributed by atoms with E-state index >= 15 is 0 Å². The third-order valence-electron chi connectivity index (χ3n) is 7.68. The maximum atomic E-state index is 5.62. The second kappa shape index (κ2) is 10.6. The van der Waals surface area contributed by atoms with Crippen LogP contribution in [0.15, 0.2) is 67.1 Å². The number of piperazine rings is 1. The molecule has 2 aliphatic heterocycles. The zero-order chi connectivity index (χ0) is 26.0. The number of pyridine rings is 2. The first-order valence-corrected chi connectivity index (χ1v) is 13.7. The van der Waals surface area contributed by atoms with Crippen molar-refractivity contribution in [1.29, 1.82) is 0 Å². The highest BCUT2D eigenvalue weighted by atomic mass is 16.5. The minimum Gasteiger partial charge on any atom is -0.381 e. The maximum absolute atomic E-state index is 5.62. The molecule has 7 rings (SSSR count). The molecule has 2 saturated heterocycles. The predicted molar refractivity (Wildman–Crippen MR) is 155 cm³/mol. The van der Waals surface area contributed by atoms with Gasteiger partial charge in [-0.3, -0.25) is 9.38 Å². The Labute approximate surface area is 227 Å². The first kappa shape index (κ1) is 23.9. The van der Waals surface area contributed by atoms with Crippen LogP contribution >= 0.6 is 0 Å². The molecule has 39 heavy (non-hydrogen) atoms. The number of rotatable bonds is 5. The third kappa shape index (κ3) is 4.89. The van der Waals surface area contributed by atoms with E-state index in [0.29, 0.717) is 5.92 Å². The van der Waals surface area contributed by atoms with Crippen LogP contribution in [-0.4, -0.2) is 63.7 Å². The third-order valence-corrected chi connectivity index (χ3v) is 7.68. The summed E-state index contributed by atoms with van der Waals surface area (Å²) in [5.74, 6) is 1.35. The molecule has 4 aromatic heterocycles. The molecule has 6 heterocycles. The summed E-state index contributed by atoms with van der Waals surface area (Å²) in [7, 11) is 0. The molecule has 1 aromatic carbocycles. The number of nitrogens with one attached hydrogen (secondary N) is 1. The molecule has 8 heteroatoms. The van der Waals surface area contributed by atoms with Crippen molar-refractivity contribution in [1.82, 2.24) is 29.7 Å². The topological polar surface area (TPSA) is 80.5 Å². The number of aromatic nitrogens is 5. The minimum atomic E-state index is 0.338. The molecule has 0 spiro atoms. The zero-order valence-corrected chi connectivity index (χ0v) is 21.8. The number of hydrogen-bond acceptors (Lipinski definition) is 7. The number of fused-ring (bicyclic) bond motifs is 2. The molecule has 2 fully saturated rings. The molecule has 196 valence electrons. The van der Waals surface area contributed by atoms with Gasteiger partial charge in [-0.1, -0.05) is 24.3 Å². The van der Waals surface area contributed by atoms with Gasteiger partial charge < -0.3 is 15.0 Å². The fourth-order valence-electron chi connectivity index (χ4n) is 5.53. The second-order valence-corrected chi connectivity index (χ2v) is 10.2. The number of para-hydroxylation sites is 1. The van der Waals surface area contributed by atoms with E-state index < -0.39 is 0 Å². The SMILES string of the molecule is C(=Cc1cn2c(-c3ccc(N4CCNCC4)nc3)cnc(C3CCOCC3)c2n1)c1ccc2ccccc2n1. The van der Waals surface area contributed by atoms with Crippen molar-refractivity contribution in [3.05, 3.63) is 84.2 Å². The van der Waals surface area contributed by atoms with E-state index in [1.807, 2.05) is 48.8 Å². The van der Waals surface area contributed by atoms with Crippen molar-refractivity contribution in [2.24, 2.45) is 0 Å². The van der Waals surface area contributed by atoms with Crippen LogP contribution in [0.25, 0.3) is 40.0 Å². The molecule has 8 nitrogen and oxygen atoms in total. The highest BCUT2D eigenvalue weighted by Crippen LogP contribution is 2.31. The Morgan fingerprint density at radius 1 is 0.846 bits per heavy atom. The Kier molecular flexibility index (Phi) is 6.48. The number of nitrogens with zero attached hydrogens (tertiary/aromatic N) is 6. The summed E-state index contributed by atoms with van der Waals surface area (Å²) in [5.41, 5.74) is 6.71. The van der Waals surface area contributed by atoms with Gasteiger partial charge in [0, 0.05) is 68.7 Å². The highest BCUT2D eigenvalue weighted by molar-refractivity contribution is 5.81. The quantitative estimate of drug-likeness (QED) is 0.358. The smallest absolute Gasteiger partial charge is 0.160 e. The predicted octanol–water partition coefficient (Wildman–Crippen LogP) is 4.81. The van der Waals surface area contributed by atoms with E-state index in [4.69, 9.17) is 24.7 Å². The van der Waals surface area contributed by atoms with Gasteiger partial charge in [0.25, 0.3) is 0 Å². The molecule has 2 aliphatic rings. The van der Waals surface area contributed by atoms with Crippen LogP contribution in [0.3, 0.4) is 0 Å². The number of hydrogen-bond donors (Lipinski definition) is 1. The summed E-state index contributed by atoms with van der Waals surface area (Å²) in [6.07, 6.45) is 12.0. The number of benzene rings is 1. The highest BCUT2D eigenvalue weighted by Gasteiger charge is 2.23. The van der Waals surface area contributed by atoms with Crippen LogP contribution < -0.4 is 10.2 Å². The second-order valence-electron chi connectivity index (χ2n) is 10.2. The largest absolute Gasteiger partial charge is 0.381 e. The number of ether oxygens (including phenoxy) is 1. The molecule has 0 amide bonds. The van der Waals surface area contributed by atoms with Crippen LogP contribution in [0.2, 0.25) is 0 Å². The lowest BCUT2D eigenvalue weighted by Crippen LogP contribution is -2.43. The molecule has 0 unspecified atom stereocenters. The summed E-state index contributed by atoms with van der Waals surface area (Å²) in [6, 6.07) is 16.6. The molecule has 0 radical (unpaired) electrons. The summed E-state index contributed by atoms with van der Waals surface area (Å²) in [5, 5.41) is 4.53. The van der Waals surface area contributed by atoms with E-state index in [9.17, 15) is 0 Å². The molecule has 5 aromatic rings. The molecule has 0 aliphatic carbocycles. The van der Waals surface area contributed by atoms with Gasteiger partial charge >= 0.3 is 0 Å². The summed E-state index contributed by atoms with van der Waals surface area (Å²) in [4.78, 5) is 21.9. The normalized spacial score (nSPS) is 17.0. The number of anilines is 1. The van der Waals surface area contributed by atoms with Gasteiger partial charge in [-0.2, -0.15) is 0 Å². The Balaban J connectivity index is 1.26. The fraction of sp³-hybridized carbons (Fsp3) is 0.290. The fourth-order valence-corrected chi connectivity index (χ4v) is 5.53. The van der Waals surface area contributed by atoms with Gasteiger partial charge in [0.2, 0.25) is 0 Å². The van der Waals surface area contributed by atoms with Crippen LogP contribution in [0, 0.1) is 0 Å². The van der Waals surface area contributed by atoms with Crippen molar-refractivity contribution in [3.8, 4) is 11.3 Å². The van der Waals surface area contributed by atoms with Crippen LogP contribution in [0.5, 0.6) is 0 Å². The summed E-state index contributed by atoms with van der Waals surface area (Å²) < 4.78 is 7.79. The molecule has 0 bridgehead atoms. The van der Waals surface area contributed by atoms with Crippen LogP contribution in [0.1, 0.15) is 35.8 Å². The average Bonchev–Trinajstić information content (AvgIpc) is 3.45. The van der Waals surface area contributed by atoms with Crippen molar-refractivity contribution >= 4 is 34.5 Å². The van der Waals surface area contributed by atoms with Gasteiger partial charge in [0.1, 0.15) is 5.82 Å². The molecule has 1 N–H and O–H groups in total. The maximum Gasteiger partial charge on any atom is 0.160 e. The van der Waals surface area contributed by atoms with Gasteiger partial charge in [-0.15, -0.1) is 0 Å². The van der Waals surface area contributed by atoms with E-state index in [-0.39, 0.29) is 0 Å². The monoisotopic (exact) mass is 517 g/mol. The van der Waals surface area contributed by atoms with Crippen molar-refractivity contribution < 1.29 is 4.74 Å². The lowest BCUT2D eigenvalue weighted by atomic mass is 9.96. The standard InChI is InChI=1S/C31H31N7O/c1-2-4-27-22(3-1)5-7-25(35-27)8-9-26-21-38-28(20-34-30(31(38)36-26)23-11-17-39-18-12-23)24-6-10-29(33-19-24)37-15-13-32-14-16-37/h1-10,19-21,23,32H,11-18H2. The van der Waals surface area contributed by atoms with E-state index in [2.05, 4.69) is 45.1 Å². The Morgan fingerprint density at radius 2 is 1.69 bits per heavy atom. The van der Waals surface area contributed by atoms with E-state index in [0.717, 1.165) is 103 Å². The lowest BCUT2D eigenvalue weighted by molar-refractivity contribution is 0.0847. The van der Waals surface area contributed by atoms with Crippen molar-refractivity contribution in [3.63, 3.8) is 0 Å². The first-order chi connectivity index (χ1) is 19.3. The Bertz CT molecular complexity index is 1630. The lowest BCUT2D eigenvalue weighted by Gasteiger charge is -2.28. The van der Waals surface area contributed by atoms with Crippen LogP contribution in [0.4, 0.5) is 5.82 Å². The zero-order valence-electron chi connectivity index (χ0n) is 21.8. The molecule has 0 atom stereocenters. The Morgan fingerprint density at radius 3 is 2.54 bits per heavy atom. The number of imidazole rings is 1. The Hall–Kier alpha value is -4.14. The van der Waals surface area contributed by atoms with E-state index in [1.165, 1.54) is 0 Å². The summed E-state index contributed by atoms with van der Waals surface area (Å²) >= 11 is 0. The van der Waals surface area contributed by atoms with Crippen LogP contribution in [-0.2, 0) is 4.74 Å². The minimum absolute atomic E-state index is 0.338. The summed E-state index contributed by atoms with van der Waals surface area (Å²) in [6.45, 7) is 5.45. The molecular formula is C31H31N7O. The van der Waals surface area contributed by atoms with Gasteiger partial charge in [0.05, 0.1) is 34.5 Å². The first-order valence-electron chi connectivity index (χ1n) is 13.7. The van der Waals surface area contributed by atoms with Crippen molar-refractivity contribution in [2.75, 3.05) is 44.3 Å². The average molecular weight is 518 g/mol. The van der Waals surface area contributed by atoms with Crippen molar-refractivity contribution in [2.45, 2.75) is 18.8 Å². The van der Waals surface area contributed by atoms with E-state index in [1.54, 1.807) is 0 Å². The van der Waals surface area contributed by atoms with Gasteiger partial charge in [-0.05, 0) is 49.3 Å². The van der Waals surface area contributed by atoms with Gasteiger partial charge in [0.15, 0.2) is 5.65 Å².